The van der Waals surface area contributed by atoms with Crippen LogP contribution in [-0.4, -0.2) is 15.5 Å². The van der Waals surface area contributed by atoms with Crippen molar-refractivity contribution in [2.45, 2.75) is 43.5 Å². The minimum atomic E-state index is -3.59. The Hall–Kier alpha value is -1.12. The fraction of sp³-hybridized carbons (Fsp3) is 0.368. The predicted molar refractivity (Wildman–Crippen MR) is 108 cm³/mol. The molecule has 0 heterocycles. The molecule has 0 spiro atoms. The Bertz CT molecular complexity index is 880. The fourth-order valence-corrected chi connectivity index (χ4v) is 5.41. The Labute approximate surface area is 163 Å². The van der Waals surface area contributed by atoms with Gasteiger partial charge in [-0.3, -0.25) is 0 Å². The Balaban J connectivity index is 1.81. The summed E-state index contributed by atoms with van der Waals surface area (Å²) >= 11 is 2.08. The Kier molecular flexibility index (Phi) is 5.70. The maximum atomic E-state index is 12.7. The minimum absolute atomic E-state index is 0.252. The van der Waals surface area contributed by atoms with Crippen molar-refractivity contribution in [3.8, 4) is 5.75 Å². The summed E-state index contributed by atoms with van der Waals surface area (Å²) in [5.41, 5.74) is 3.76. The molecule has 6 heteroatoms. The lowest BCUT2D eigenvalue weighted by Crippen LogP contribution is -2.27. The van der Waals surface area contributed by atoms with E-state index < -0.39 is 10.0 Å². The zero-order valence-corrected chi connectivity index (χ0v) is 17.4. The number of aryl methyl sites for hydroxylation is 2. The first-order chi connectivity index (χ1) is 11.9. The number of halogens is 1. The SMILES string of the molecule is COc1ccc(S(=O)(=O)NC(C)c2ccc3c(c2)CCCC3)cc1I. The number of sulfonamides is 1. The maximum Gasteiger partial charge on any atom is 0.241 e. The van der Waals surface area contributed by atoms with Gasteiger partial charge in [-0.1, -0.05) is 18.2 Å². The molecule has 4 nitrogen and oxygen atoms in total. The van der Waals surface area contributed by atoms with Crippen LogP contribution in [-0.2, 0) is 22.9 Å². The van der Waals surface area contributed by atoms with Crippen molar-refractivity contribution in [1.82, 2.24) is 4.72 Å². The van der Waals surface area contributed by atoms with Crippen LogP contribution in [0.3, 0.4) is 0 Å². The zero-order chi connectivity index (χ0) is 18.0. The van der Waals surface area contributed by atoms with Gasteiger partial charge in [-0.2, -0.15) is 0 Å². The number of benzene rings is 2. The molecule has 2 aromatic carbocycles. The van der Waals surface area contributed by atoms with E-state index in [1.54, 1.807) is 25.3 Å². The van der Waals surface area contributed by atoms with Gasteiger partial charge in [0.25, 0.3) is 0 Å². The molecule has 0 aromatic heterocycles. The van der Waals surface area contributed by atoms with E-state index >= 15 is 0 Å². The molecular weight excluding hydrogens is 449 g/mol. The van der Waals surface area contributed by atoms with Crippen molar-refractivity contribution in [2.75, 3.05) is 7.11 Å². The number of hydrogen-bond acceptors (Lipinski definition) is 3. The smallest absolute Gasteiger partial charge is 0.241 e. The predicted octanol–water partition coefficient (Wildman–Crippen LogP) is 4.22. The second kappa shape index (κ2) is 7.63. The quantitative estimate of drug-likeness (QED) is 0.665. The van der Waals surface area contributed by atoms with E-state index in [0.717, 1.165) is 22.0 Å². The summed E-state index contributed by atoms with van der Waals surface area (Å²) in [6.07, 6.45) is 4.66. The molecular formula is C19H22INO3S. The van der Waals surface area contributed by atoms with E-state index in [1.807, 2.05) is 13.0 Å². The van der Waals surface area contributed by atoms with Crippen LogP contribution in [0.4, 0.5) is 0 Å². The van der Waals surface area contributed by atoms with Crippen molar-refractivity contribution >= 4 is 32.6 Å². The monoisotopic (exact) mass is 471 g/mol. The first kappa shape index (κ1) is 18.7. The number of ether oxygens (including phenoxy) is 1. The molecule has 1 unspecified atom stereocenters. The topological polar surface area (TPSA) is 55.4 Å². The van der Waals surface area contributed by atoms with E-state index in [-0.39, 0.29) is 10.9 Å². The van der Waals surface area contributed by atoms with E-state index in [4.69, 9.17) is 4.74 Å². The number of hydrogen-bond donors (Lipinski definition) is 1. The van der Waals surface area contributed by atoms with Crippen molar-refractivity contribution in [3.63, 3.8) is 0 Å². The van der Waals surface area contributed by atoms with Crippen LogP contribution >= 0.6 is 22.6 Å². The van der Waals surface area contributed by atoms with E-state index in [0.29, 0.717) is 5.75 Å². The number of methoxy groups -OCH3 is 1. The molecule has 134 valence electrons. The molecule has 0 fully saturated rings. The molecule has 1 aliphatic rings. The standard InChI is InChI=1S/C19H22INO3S/c1-13(15-8-7-14-5-3-4-6-16(14)11-15)21-25(22,23)17-9-10-19(24-2)18(20)12-17/h7-13,21H,3-6H2,1-2H3. The largest absolute Gasteiger partial charge is 0.496 e. The highest BCUT2D eigenvalue weighted by Gasteiger charge is 2.20. The lowest BCUT2D eigenvalue weighted by molar-refractivity contribution is 0.411. The summed E-state index contributed by atoms with van der Waals surface area (Å²) in [5.74, 6) is 0.669. The van der Waals surface area contributed by atoms with E-state index in [2.05, 4.69) is 39.4 Å². The van der Waals surface area contributed by atoms with Gasteiger partial charge >= 0.3 is 0 Å². The summed E-state index contributed by atoms with van der Waals surface area (Å²) in [5, 5.41) is 0. The maximum absolute atomic E-state index is 12.7. The van der Waals surface area contributed by atoms with Gasteiger partial charge in [-0.05, 0) is 90.1 Å². The van der Waals surface area contributed by atoms with Gasteiger partial charge in [0.1, 0.15) is 5.75 Å². The van der Waals surface area contributed by atoms with Crippen LogP contribution in [0.1, 0.15) is 42.5 Å². The Morgan fingerprint density at radius 2 is 1.80 bits per heavy atom. The van der Waals surface area contributed by atoms with Crippen LogP contribution in [0.2, 0.25) is 0 Å². The Morgan fingerprint density at radius 3 is 2.48 bits per heavy atom. The highest BCUT2D eigenvalue weighted by molar-refractivity contribution is 14.1. The fourth-order valence-electron chi connectivity index (χ4n) is 3.21. The number of fused-ring (bicyclic) bond motifs is 1. The third kappa shape index (κ3) is 4.17. The summed E-state index contributed by atoms with van der Waals surface area (Å²) in [7, 11) is -2.02. The highest BCUT2D eigenvalue weighted by Crippen LogP contribution is 2.27. The van der Waals surface area contributed by atoms with Gasteiger partial charge in [-0.25, -0.2) is 13.1 Å². The molecule has 0 radical (unpaired) electrons. The average molecular weight is 471 g/mol. The van der Waals surface area contributed by atoms with Gasteiger partial charge in [0.2, 0.25) is 10.0 Å². The average Bonchev–Trinajstić information content (AvgIpc) is 2.60. The van der Waals surface area contributed by atoms with Gasteiger partial charge in [0.15, 0.2) is 0 Å². The zero-order valence-electron chi connectivity index (χ0n) is 14.4. The normalized spacial score (nSPS) is 15.5. The first-order valence-electron chi connectivity index (χ1n) is 8.38. The number of nitrogens with one attached hydrogen (secondary N) is 1. The third-order valence-electron chi connectivity index (χ3n) is 4.64. The van der Waals surface area contributed by atoms with Gasteiger partial charge in [0.05, 0.1) is 15.6 Å². The van der Waals surface area contributed by atoms with Crippen LogP contribution in [0.15, 0.2) is 41.3 Å². The molecule has 0 saturated carbocycles. The third-order valence-corrected chi connectivity index (χ3v) is 7.02. The molecule has 3 rings (SSSR count). The van der Waals surface area contributed by atoms with E-state index in [9.17, 15) is 8.42 Å². The van der Waals surface area contributed by atoms with Crippen LogP contribution < -0.4 is 9.46 Å². The molecule has 0 bridgehead atoms. The molecule has 1 N–H and O–H groups in total. The van der Waals surface area contributed by atoms with Crippen LogP contribution in [0.5, 0.6) is 5.75 Å². The summed E-state index contributed by atoms with van der Waals surface area (Å²) in [4.78, 5) is 0.252. The van der Waals surface area contributed by atoms with Crippen molar-refractivity contribution < 1.29 is 13.2 Å². The van der Waals surface area contributed by atoms with Crippen molar-refractivity contribution in [2.24, 2.45) is 0 Å². The van der Waals surface area contributed by atoms with Crippen molar-refractivity contribution in [3.05, 3.63) is 56.7 Å². The molecule has 25 heavy (non-hydrogen) atoms. The highest BCUT2D eigenvalue weighted by atomic mass is 127. The van der Waals surface area contributed by atoms with Gasteiger partial charge in [0, 0.05) is 6.04 Å². The lowest BCUT2D eigenvalue weighted by atomic mass is 9.89. The molecule has 1 aliphatic carbocycles. The molecule has 0 aliphatic heterocycles. The minimum Gasteiger partial charge on any atom is -0.496 e. The molecule has 1 atom stereocenters. The van der Waals surface area contributed by atoms with Gasteiger partial charge < -0.3 is 4.74 Å². The molecule has 0 amide bonds. The Morgan fingerprint density at radius 1 is 1.08 bits per heavy atom. The summed E-state index contributed by atoms with van der Waals surface area (Å²) in [6, 6.07) is 10.9. The van der Waals surface area contributed by atoms with Gasteiger partial charge in [-0.15, -0.1) is 0 Å². The second-order valence-electron chi connectivity index (χ2n) is 6.37. The summed E-state index contributed by atoms with van der Waals surface area (Å²) in [6.45, 7) is 1.89. The van der Waals surface area contributed by atoms with Crippen LogP contribution in [0, 0.1) is 3.57 Å². The van der Waals surface area contributed by atoms with Crippen LogP contribution in [0.25, 0.3) is 0 Å². The second-order valence-corrected chi connectivity index (χ2v) is 9.25. The summed E-state index contributed by atoms with van der Waals surface area (Å²) < 4.78 is 34.2. The molecule has 0 saturated heterocycles. The molecule has 2 aromatic rings. The first-order valence-corrected chi connectivity index (χ1v) is 10.9. The number of rotatable bonds is 5. The lowest BCUT2D eigenvalue weighted by Gasteiger charge is -2.20. The van der Waals surface area contributed by atoms with Crippen molar-refractivity contribution in [1.29, 1.82) is 0 Å². The van der Waals surface area contributed by atoms with E-state index in [1.165, 1.54) is 24.0 Å².